The van der Waals surface area contributed by atoms with Crippen LogP contribution >= 0.6 is 23.1 Å². The number of thiophene rings is 1. The van der Waals surface area contributed by atoms with Gasteiger partial charge in [-0.1, -0.05) is 18.7 Å². The summed E-state index contributed by atoms with van der Waals surface area (Å²) in [7, 11) is 0. The molecule has 1 N–H and O–H groups in total. The molecule has 0 bridgehead atoms. The molecule has 0 saturated carbocycles. The molecule has 9 heteroatoms. The average molecular weight is 459 g/mol. The van der Waals surface area contributed by atoms with Crippen molar-refractivity contribution >= 4 is 40.7 Å². The van der Waals surface area contributed by atoms with Gasteiger partial charge < -0.3 is 14.6 Å². The van der Waals surface area contributed by atoms with Gasteiger partial charge >= 0.3 is 5.97 Å². The Hall–Kier alpha value is -2.65. The highest BCUT2D eigenvalue weighted by atomic mass is 32.2. The van der Waals surface area contributed by atoms with Crippen LogP contribution in [0.25, 0.3) is 11.4 Å². The number of carbonyl (C=O) groups is 2. The van der Waals surface area contributed by atoms with Crippen LogP contribution in [0.5, 0.6) is 0 Å². The molecule has 3 aromatic rings. The quantitative estimate of drug-likeness (QED) is 0.361. The predicted octanol–water partition coefficient (Wildman–Crippen LogP) is 4.94. The Balaban J connectivity index is 1.65. The fourth-order valence-electron chi connectivity index (χ4n) is 2.99. The number of hydrogen-bond donors (Lipinski definition) is 1. The van der Waals surface area contributed by atoms with Crippen molar-refractivity contribution in [2.45, 2.75) is 45.8 Å². The molecule has 0 unspecified atom stereocenters. The summed E-state index contributed by atoms with van der Waals surface area (Å²) in [6.45, 7) is 9.18. The number of anilines is 1. The minimum atomic E-state index is -0.377. The van der Waals surface area contributed by atoms with E-state index in [1.165, 1.54) is 22.2 Å². The number of ether oxygens (including phenoxy) is 1. The number of rotatable bonds is 9. The molecule has 1 amide bonds. The maximum atomic E-state index is 12.4. The van der Waals surface area contributed by atoms with Crippen molar-refractivity contribution in [1.29, 1.82) is 0 Å². The molecule has 1 aromatic carbocycles. The maximum absolute atomic E-state index is 12.4. The van der Waals surface area contributed by atoms with Gasteiger partial charge in [0.15, 0.2) is 11.0 Å². The minimum absolute atomic E-state index is 0.149. The van der Waals surface area contributed by atoms with Gasteiger partial charge in [-0.15, -0.1) is 21.5 Å². The molecule has 2 heterocycles. The Morgan fingerprint density at radius 2 is 1.90 bits per heavy atom. The molecule has 0 fully saturated rings. The topological polar surface area (TPSA) is 86.1 Å². The van der Waals surface area contributed by atoms with Gasteiger partial charge in [-0.05, 0) is 57.0 Å². The number of nitrogens with zero attached hydrogens (tertiary/aromatic N) is 3. The van der Waals surface area contributed by atoms with Crippen LogP contribution in [0.3, 0.4) is 0 Å². The van der Waals surface area contributed by atoms with Gasteiger partial charge in [-0.25, -0.2) is 4.79 Å². The lowest BCUT2D eigenvalue weighted by atomic mass is 10.1. The third kappa shape index (κ3) is 5.54. The number of nitrogens with one attached hydrogen (secondary N) is 1. The first-order valence-electron chi connectivity index (χ1n) is 10.1. The van der Waals surface area contributed by atoms with Crippen LogP contribution in [0.1, 0.15) is 41.1 Å². The van der Waals surface area contributed by atoms with Gasteiger partial charge in [0.05, 0.1) is 17.9 Å². The molecule has 0 aliphatic heterocycles. The largest absolute Gasteiger partial charge is 0.462 e. The highest BCUT2D eigenvalue weighted by molar-refractivity contribution is 7.99. The van der Waals surface area contributed by atoms with Crippen LogP contribution < -0.4 is 5.32 Å². The number of amides is 1. The Morgan fingerprint density at radius 3 is 2.52 bits per heavy atom. The molecule has 31 heavy (non-hydrogen) atoms. The van der Waals surface area contributed by atoms with Gasteiger partial charge in [0.1, 0.15) is 0 Å². The van der Waals surface area contributed by atoms with Gasteiger partial charge in [-0.2, -0.15) is 0 Å². The standard InChI is InChI=1S/C22H26N4O3S2/c1-5-11-26-20(18-12-30-15(4)14(18)3)24-25-22(26)31-13-19(27)23-17-9-7-16(8-10-17)21(28)29-6-2/h7-10,12H,5-6,11,13H2,1-4H3,(H,23,27). The number of aromatic nitrogens is 3. The van der Waals surface area contributed by atoms with Gasteiger partial charge in [-0.3, -0.25) is 4.79 Å². The summed E-state index contributed by atoms with van der Waals surface area (Å²) in [6, 6.07) is 6.65. The number of hydrogen-bond acceptors (Lipinski definition) is 7. The number of carbonyl (C=O) groups excluding carboxylic acids is 2. The van der Waals surface area contributed by atoms with Crippen molar-refractivity contribution in [2.75, 3.05) is 17.7 Å². The Labute approximate surface area is 190 Å². The zero-order valence-electron chi connectivity index (χ0n) is 18.1. The Bertz CT molecular complexity index is 1060. The van der Waals surface area contributed by atoms with E-state index >= 15 is 0 Å². The number of esters is 1. The van der Waals surface area contributed by atoms with E-state index in [-0.39, 0.29) is 17.6 Å². The first-order valence-corrected chi connectivity index (χ1v) is 12.0. The lowest BCUT2D eigenvalue weighted by Crippen LogP contribution is -2.15. The van der Waals surface area contributed by atoms with Crippen molar-refractivity contribution in [2.24, 2.45) is 0 Å². The van der Waals surface area contributed by atoms with Crippen molar-refractivity contribution in [3.63, 3.8) is 0 Å². The van der Waals surface area contributed by atoms with Crippen molar-refractivity contribution in [3.05, 3.63) is 45.6 Å². The third-order valence-corrected chi connectivity index (χ3v) is 6.68. The van der Waals surface area contributed by atoms with E-state index in [0.29, 0.717) is 17.9 Å². The molecular weight excluding hydrogens is 432 g/mol. The summed E-state index contributed by atoms with van der Waals surface area (Å²) in [5, 5.41) is 14.4. The van der Waals surface area contributed by atoms with Crippen LogP contribution in [-0.2, 0) is 16.1 Å². The molecule has 3 rings (SSSR count). The van der Waals surface area contributed by atoms with Gasteiger partial charge in [0, 0.05) is 28.1 Å². The van der Waals surface area contributed by atoms with Crippen LogP contribution in [0.4, 0.5) is 5.69 Å². The number of benzene rings is 1. The zero-order chi connectivity index (χ0) is 22.4. The van der Waals surface area contributed by atoms with Crippen LogP contribution in [0.15, 0.2) is 34.8 Å². The second-order valence-electron chi connectivity index (χ2n) is 6.92. The normalized spacial score (nSPS) is 10.8. The molecule has 0 atom stereocenters. The summed E-state index contributed by atoms with van der Waals surface area (Å²) in [6.07, 6.45) is 0.944. The monoisotopic (exact) mass is 458 g/mol. The van der Waals surface area contributed by atoms with E-state index in [2.05, 4.69) is 46.2 Å². The van der Waals surface area contributed by atoms with E-state index < -0.39 is 0 Å². The smallest absolute Gasteiger partial charge is 0.338 e. The van der Waals surface area contributed by atoms with E-state index in [0.717, 1.165) is 29.5 Å². The minimum Gasteiger partial charge on any atom is -0.462 e. The van der Waals surface area contributed by atoms with Crippen molar-refractivity contribution < 1.29 is 14.3 Å². The van der Waals surface area contributed by atoms with E-state index in [1.807, 2.05) is 0 Å². The first kappa shape index (κ1) is 23.0. The number of thioether (sulfide) groups is 1. The fraction of sp³-hybridized carbons (Fsp3) is 0.364. The molecule has 164 valence electrons. The van der Waals surface area contributed by atoms with Crippen LogP contribution in [0, 0.1) is 13.8 Å². The number of aryl methyl sites for hydroxylation is 1. The lowest BCUT2D eigenvalue weighted by molar-refractivity contribution is -0.113. The predicted molar refractivity (Wildman–Crippen MR) is 125 cm³/mol. The molecular formula is C22H26N4O3S2. The molecule has 0 spiro atoms. The zero-order valence-corrected chi connectivity index (χ0v) is 19.7. The molecule has 7 nitrogen and oxygen atoms in total. The maximum Gasteiger partial charge on any atom is 0.338 e. The van der Waals surface area contributed by atoms with Crippen LogP contribution in [-0.4, -0.2) is 39.0 Å². The van der Waals surface area contributed by atoms with Crippen molar-refractivity contribution in [1.82, 2.24) is 14.8 Å². The van der Waals surface area contributed by atoms with Crippen molar-refractivity contribution in [3.8, 4) is 11.4 Å². The molecule has 0 radical (unpaired) electrons. The second kappa shape index (κ2) is 10.6. The first-order chi connectivity index (χ1) is 14.9. The summed E-state index contributed by atoms with van der Waals surface area (Å²) >= 11 is 3.07. The summed E-state index contributed by atoms with van der Waals surface area (Å²) in [5.41, 5.74) is 3.39. The summed E-state index contributed by atoms with van der Waals surface area (Å²) in [4.78, 5) is 25.4. The van der Waals surface area contributed by atoms with Crippen LogP contribution in [0.2, 0.25) is 0 Å². The van der Waals surface area contributed by atoms with E-state index in [9.17, 15) is 9.59 Å². The highest BCUT2D eigenvalue weighted by Gasteiger charge is 2.18. The Morgan fingerprint density at radius 1 is 1.16 bits per heavy atom. The molecule has 0 aliphatic rings. The lowest BCUT2D eigenvalue weighted by Gasteiger charge is -2.09. The van der Waals surface area contributed by atoms with E-state index in [4.69, 9.17) is 4.74 Å². The second-order valence-corrected chi connectivity index (χ2v) is 8.95. The summed E-state index contributed by atoms with van der Waals surface area (Å²) < 4.78 is 7.05. The summed E-state index contributed by atoms with van der Waals surface area (Å²) in [5.74, 6) is 0.534. The molecule has 0 saturated heterocycles. The highest BCUT2D eigenvalue weighted by Crippen LogP contribution is 2.31. The SMILES string of the molecule is CCCn1c(SCC(=O)Nc2ccc(C(=O)OCC)cc2)nnc1-c1csc(C)c1C. The molecule has 2 aromatic heterocycles. The van der Waals surface area contributed by atoms with Gasteiger partial charge in [0.25, 0.3) is 0 Å². The fourth-order valence-corrected chi connectivity index (χ4v) is 4.61. The third-order valence-electron chi connectivity index (χ3n) is 4.70. The Kier molecular flexibility index (Phi) is 7.86. The van der Waals surface area contributed by atoms with Gasteiger partial charge in [0.2, 0.25) is 5.91 Å². The molecule has 0 aliphatic carbocycles. The average Bonchev–Trinajstić information content (AvgIpc) is 3.30. The van der Waals surface area contributed by atoms with E-state index in [1.54, 1.807) is 42.5 Å².